The van der Waals surface area contributed by atoms with Crippen molar-refractivity contribution in [1.29, 1.82) is 0 Å². The van der Waals surface area contributed by atoms with Crippen molar-refractivity contribution in [3.8, 4) is 0 Å². The maximum Gasteiger partial charge on any atom is 0.0243 e. The van der Waals surface area contributed by atoms with Crippen LogP contribution in [0, 0.1) is 11.3 Å². The number of hydrogen-bond acceptors (Lipinski definition) is 2. The molecule has 0 aromatic carbocycles. The molecule has 0 heterocycles. The van der Waals surface area contributed by atoms with Crippen LogP contribution < -0.4 is 5.32 Å². The van der Waals surface area contributed by atoms with Gasteiger partial charge in [0.1, 0.15) is 0 Å². The largest absolute Gasteiger partial charge is 0.312 e. The van der Waals surface area contributed by atoms with Crippen molar-refractivity contribution in [2.45, 2.75) is 65.8 Å². The molecule has 1 atom stereocenters. The average Bonchev–Trinajstić information content (AvgIpc) is 2.75. The van der Waals surface area contributed by atoms with Crippen molar-refractivity contribution in [3.63, 3.8) is 0 Å². The van der Waals surface area contributed by atoms with Gasteiger partial charge in [0.2, 0.25) is 0 Å². The number of likely N-dealkylation sites (N-methyl/N-ethyl adjacent to an activating group) is 1. The monoisotopic (exact) mass is 254 g/mol. The molecule has 0 aromatic rings. The lowest BCUT2D eigenvalue weighted by Gasteiger charge is -2.35. The Morgan fingerprint density at radius 2 is 1.83 bits per heavy atom. The fraction of sp³-hybridized carbons (Fsp3) is 1.00. The van der Waals surface area contributed by atoms with Gasteiger partial charge in [0, 0.05) is 19.1 Å². The van der Waals surface area contributed by atoms with Crippen molar-refractivity contribution < 1.29 is 0 Å². The Morgan fingerprint density at radius 1 is 1.22 bits per heavy atom. The van der Waals surface area contributed by atoms with Crippen LogP contribution in [-0.4, -0.2) is 37.6 Å². The van der Waals surface area contributed by atoms with E-state index in [0.717, 1.165) is 12.5 Å². The van der Waals surface area contributed by atoms with E-state index in [1.807, 2.05) is 0 Å². The molecule has 1 N–H and O–H groups in total. The SMILES string of the molecule is CCCNC(CN(C)CC1CCCC1)C(C)(C)C. The third-order valence-electron chi connectivity index (χ3n) is 4.22. The fourth-order valence-electron chi connectivity index (χ4n) is 2.98. The standard InChI is InChI=1S/C16H34N2/c1-6-11-17-15(16(2,3)4)13-18(5)12-14-9-7-8-10-14/h14-15,17H,6-13H2,1-5H3. The van der Waals surface area contributed by atoms with Crippen LogP contribution in [0.15, 0.2) is 0 Å². The minimum absolute atomic E-state index is 0.346. The van der Waals surface area contributed by atoms with Gasteiger partial charge in [-0.15, -0.1) is 0 Å². The fourth-order valence-corrected chi connectivity index (χ4v) is 2.98. The zero-order chi connectivity index (χ0) is 13.6. The van der Waals surface area contributed by atoms with Crippen LogP contribution in [0.2, 0.25) is 0 Å². The lowest BCUT2D eigenvalue weighted by atomic mass is 9.86. The smallest absolute Gasteiger partial charge is 0.0243 e. The van der Waals surface area contributed by atoms with Crippen LogP contribution >= 0.6 is 0 Å². The Balaban J connectivity index is 2.38. The zero-order valence-corrected chi connectivity index (χ0v) is 13.3. The van der Waals surface area contributed by atoms with Crippen LogP contribution in [0.4, 0.5) is 0 Å². The van der Waals surface area contributed by atoms with Gasteiger partial charge >= 0.3 is 0 Å². The molecule has 108 valence electrons. The summed E-state index contributed by atoms with van der Waals surface area (Å²) in [7, 11) is 2.30. The van der Waals surface area contributed by atoms with Gasteiger partial charge in [0.05, 0.1) is 0 Å². The second kappa shape index (κ2) is 7.49. The number of nitrogens with zero attached hydrogens (tertiary/aromatic N) is 1. The van der Waals surface area contributed by atoms with Crippen molar-refractivity contribution >= 4 is 0 Å². The van der Waals surface area contributed by atoms with Gasteiger partial charge in [-0.2, -0.15) is 0 Å². The number of nitrogens with one attached hydrogen (secondary N) is 1. The highest BCUT2D eigenvalue weighted by atomic mass is 15.1. The molecule has 2 nitrogen and oxygen atoms in total. The summed E-state index contributed by atoms with van der Waals surface area (Å²) in [6.45, 7) is 12.9. The summed E-state index contributed by atoms with van der Waals surface area (Å²) in [4.78, 5) is 2.55. The first-order chi connectivity index (χ1) is 8.43. The summed E-state index contributed by atoms with van der Waals surface area (Å²) < 4.78 is 0. The van der Waals surface area contributed by atoms with Gasteiger partial charge in [-0.3, -0.25) is 0 Å². The topological polar surface area (TPSA) is 15.3 Å². The van der Waals surface area contributed by atoms with Crippen molar-refractivity contribution in [1.82, 2.24) is 10.2 Å². The molecule has 0 saturated heterocycles. The Kier molecular flexibility index (Phi) is 6.65. The average molecular weight is 254 g/mol. The van der Waals surface area contributed by atoms with E-state index < -0.39 is 0 Å². The highest BCUT2D eigenvalue weighted by Gasteiger charge is 2.26. The first-order valence-corrected chi connectivity index (χ1v) is 7.85. The van der Waals surface area contributed by atoms with Crippen LogP contribution in [0.5, 0.6) is 0 Å². The molecule has 18 heavy (non-hydrogen) atoms. The lowest BCUT2D eigenvalue weighted by molar-refractivity contribution is 0.179. The van der Waals surface area contributed by atoms with Gasteiger partial charge in [-0.05, 0) is 44.2 Å². The molecule has 0 bridgehead atoms. The molecule has 1 rings (SSSR count). The van der Waals surface area contributed by atoms with Crippen LogP contribution in [0.3, 0.4) is 0 Å². The Bertz CT molecular complexity index is 214. The molecule has 1 unspecified atom stereocenters. The molecular weight excluding hydrogens is 220 g/mol. The predicted molar refractivity (Wildman–Crippen MR) is 81.0 cm³/mol. The molecule has 0 radical (unpaired) electrons. The Morgan fingerprint density at radius 3 is 2.33 bits per heavy atom. The summed E-state index contributed by atoms with van der Waals surface area (Å²) >= 11 is 0. The normalized spacial score (nSPS) is 19.7. The summed E-state index contributed by atoms with van der Waals surface area (Å²) in [6.07, 6.45) is 7.03. The van der Waals surface area contributed by atoms with Gasteiger partial charge < -0.3 is 10.2 Å². The molecule has 1 fully saturated rings. The van der Waals surface area contributed by atoms with E-state index in [0.29, 0.717) is 11.5 Å². The Labute approximate surface area is 115 Å². The molecule has 1 aliphatic rings. The summed E-state index contributed by atoms with van der Waals surface area (Å²) in [5.41, 5.74) is 0.346. The molecule has 1 saturated carbocycles. The van der Waals surface area contributed by atoms with Gasteiger partial charge in [0.15, 0.2) is 0 Å². The third-order valence-corrected chi connectivity index (χ3v) is 4.22. The minimum atomic E-state index is 0.346. The van der Waals surface area contributed by atoms with Crippen molar-refractivity contribution in [3.05, 3.63) is 0 Å². The highest BCUT2D eigenvalue weighted by molar-refractivity contribution is 4.83. The van der Waals surface area contributed by atoms with Crippen molar-refractivity contribution in [2.24, 2.45) is 11.3 Å². The lowest BCUT2D eigenvalue weighted by Crippen LogP contribution is -2.48. The second-order valence-electron chi connectivity index (χ2n) is 7.24. The van der Waals surface area contributed by atoms with Crippen molar-refractivity contribution in [2.75, 3.05) is 26.7 Å². The van der Waals surface area contributed by atoms with E-state index >= 15 is 0 Å². The third kappa shape index (κ3) is 5.71. The van der Waals surface area contributed by atoms with Gasteiger partial charge in [-0.1, -0.05) is 40.5 Å². The van der Waals surface area contributed by atoms with E-state index in [4.69, 9.17) is 0 Å². The zero-order valence-electron chi connectivity index (χ0n) is 13.3. The maximum atomic E-state index is 3.72. The number of rotatable bonds is 7. The van der Waals surface area contributed by atoms with E-state index in [-0.39, 0.29) is 0 Å². The van der Waals surface area contributed by atoms with E-state index in [1.54, 1.807) is 0 Å². The molecule has 0 amide bonds. The van der Waals surface area contributed by atoms with Gasteiger partial charge in [-0.25, -0.2) is 0 Å². The van der Waals surface area contributed by atoms with Crippen LogP contribution in [0.1, 0.15) is 59.8 Å². The first-order valence-electron chi connectivity index (χ1n) is 7.85. The molecular formula is C16H34N2. The quantitative estimate of drug-likeness (QED) is 0.748. The van der Waals surface area contributed by atoms with E-state index in [2.05, 4.69) is 45.0 Å². The Hall–Kier alpha value is -0.0800. The molecule has 0 aromatic heterocycles. The highest BCUT2D eigenvalue weighted by Crippen LogP contribution is 2.26. The van der Waals surface area contributed by atoms with Crippen LogP contribution in [0.25, 0.3) is 0 Å². The number of hydrogen-bond donors (Lipinski definition) is 1. The summed E-state index contributed by atoms with van der Waals surface area (Å²) in [5.74, 6) is 0.960. The summed E-state index contributed by atoms with van der Waals surface area (Å²) in [5, 5.41) is 3.72. The van der Waals surface area contributed by atoms with E-state index in [1.165, 1.54) is 45.2 Å². The van der Waals surface area contributed by atoms with Crippen LogP contribution in [-0.2, 0) is 0 Å². The molecule has 2 heteroatoms. The molecule has 0 spiro atoms. The second-order valence-corrected chi connectivity index (χ2v) is 7.24. The minimum Gasteiger partial charge on any atom is -0.312 e. The predicted octanol–water partition coefficient (Wildman–Crippen LogP) is 3.52. The van der Waals surface area contributed by atoms with E-state index in [9.17, 15) is 0 Å². The van der Waals surface area contributed by atoms with Gasteiger partial charge in [0.25, 0.3) is 0 Å². The molecule has 1 aliphatic carbocycles. The molecule has 0 aliphatic heterocycles. The first kappa shape index (κ1) is 16.0. The maximum absolute atomic E-state index is 3.72. The summed E-state index contributed by atoms with van der Waals surface area (Å²) in [6, 6.07) is 0.601.